The van der Waals surface area contributed by atoms with Crippen molar-refractivity contribution in [2.24, 2.45) is 0 Å². The summed E-state index contributed by atoms with van der Waals surface area (Å²) in [5, 5.41) is 4.38. The third-order valence-electron chi connectivity index (χ3n) is 6.60. The van der Waals surface area contributed by atoms with Gasteiger partial charge in [0.05, 0.1) is 0 Å². The second-order valence-corrected chi connectivity index (χ2v) is 9.44. The number of unbranched alkanes of at least 4 members (excludes halogenated alkanes) is 2. The molecule has 1 amide bonds. The average molecular weight is 453 g/mol. The molecule has 0 aliphatic rings. The summed E-state index contributed by atoms with van der Waals surface area (Å²) in [4.78, 5) is 13.0. The number of carbonyl (C=O) groups is 1. The van der Waals surface area contributed by atoms with Gasteiger partial charge < -0.3 is 9.88 Å². The number of rotatable bonds is 10. The lowest BCUT2D eigenvalue weighted by molar-refractivity contribution is -0.121. The number of aryl methyl sites for hydroxylation is 2. The van der Waals surface area contributed by atoms with Gasteiger partial charge in [0.2, 0.25) is 5.91 Å². The van der Waals surface area contributed by atoms with Crippen molar-refractivity contribution in [1.29, 1.82) is 0 Å². The molecule has 4 rings (SSSR count). The Balaban J connectivity index is 1.70. The van der Waals surface area contributed by atoms with Crippen molar-refractivity contribution in [3.8, 4) is 0 Å². The zero-order valence-electron chi connectivity index (χ0n) is 20.7. The highest BCUT2D eigenvalue weighted by molar-refractivity contribution is 5.86. The van der Waals surface area contributed by atoms with Crippen molar-refractivity contribution in [2.75, 3.05) is 6.54 Å². The summed E-state index contributed by atoms with van der Waals surface area (Å²) in [6, 6.07) is 25.9. The second-order valence-electron chi connectivity index (χ2n) is 9.44. The van der Waals surface area contributed by atoms with Crippen LogP contribution in [0.4, 0.5) is 0 Å². The average Bonchev–Trinajstić information content (AvgIpc) is 3.20. The summed E-state index contributed by atoms with van der Waals surface area (Å²) < 4.78 is 2.33. The van der Waals surface area contributed by atoms with Gasteiger partial charge >= 0.3 is 0 Å². The predicted octanol–water partition coefficient (Wildman–Crippen LogP) is 7.13. The van der Waals surface area contributed by atoms with Crippen molar-refractivity contribution < 1.29 is 4.79 Å². The van der Waals surface area contributed by atoms with E-state index in [-0.39, 0.29) is 11.8 Å². The molecule has 3 aromatic carbocycles. The highest BCUT2D eigenvalue weighted by atomic mass is 16.1. The number of nitrogens with one attached hydrogen (secondary N) is 1. The Morgan fingerprint density at radius 3 is 2.47 bits per heavy atom. The number of nitrogens with zero attached hydrogens (tertiary/aromatic N) is 1. The van der Waals surface area contributed by atoms with Crippen LogP contribution in [0, 0.1) is 13.8 Å². The minimum atomic E-state index is 0.00948. The summed E-state index contributed by atoms with van der Waals surface area (Å²) >= 11 is 0. The number of hydrogen-bond acceptors (Lipinski definition) is 1. The molecule has 0 unspecified atom stereocenters. The number of benzene rings is 3. The number of aromatic nitrogens is 1. The number of carbonyl (C=O) groups excluding carboxylic acids is 1. The van der Waals surface area contributed by atoms with E-state index < -0.39 is 0 Å². The van der Waals surface area contributed by atoms with Gasteiger partial charge in [-0.05, 0) is 43.0 Å². The third-order valence-corrected chi connectivity index (χ3v) is 6.60. The lowest BCUT2D eigenvalue weighted by atomic mass is 9.87. The topological polar surface area (TPSA) is 34.0 Å². The molecule has 4 aromatic rings. The Morgan fingerprint density at radius 1 is 0.912 bits per heavy atom. The van der Waals surface area contributed by atoms with Crippen molar-refractivity contribution >= 4 is 16.8 Å². The van der Waals surface area contributed by atoms with E-state index in [0.29, 0.717) is 6.42 Å². The van der Waals surface area contributed by atoms with Crippen molar-refractivity contribution in [3.05, 3.63) is 107 Å². The first-order valence-corrected chi connectivity index (χ1v) is 12.5. The molecule has 0 spiro atoms. The quantitative estimate of drug-likeness (QED) is 0.255. The van der Waals surface area contributed by atoms with E-state index in [4.69, 9.17) is 0 Å². The van der Waals surface area contributed by atoms with Gasteiger partial charge in [-0.15, -0.1) is 0 Å². The molecule has 0 fully saturated rings. The normalized spacial score (nSPS) is 12.1. The lowest BCUT2D eigenvalue weighted by Crippen LogP contribution is -2.26. The van der Waals surface area contributed by atoms with Gasteiger partial charge in [-0.2, -0.15) is 0 Å². The fourth-order valence-electron chi connectivity index (χ4n) is 4.73. The van der Waals surface area contributed by atoms with E-state index in [9.17, 15) is 4.79 Å². The molecular formula is C31H36N2O. The van der Waals surface area contributed by atoms with Gasteiger partial charge in [-0.3, -0.25) is 4.79 Å². The monoisotopic (exact) mass is 452 g/mol. The fourth-order valence-corrected chi connectivity index (χ4v) is 4.73. The van der Waals surface area contributed by atoms with Gasteiger partial charge in [0.1, 0.15) is 0 Å². The van der Waals surface area contributed by atoms with Crippen LogP contribution in [0.5, 0.6) is 0 Å². The van der Waals surface area contributed by atoms with Crippen molar-refractivity contribution in [2.45, 2.75) is 58.9 Å². The van der Waals surface area contributed by atoms with Crippen LogP contribution >= 0.6 is 0 Å². The standard InChI is InChI=1S/C31H36N2O/c1-4-5-8-18-32-31(34)20-28(26-11-9-10-24(3)19-26)29-22-33(30-13-7-6-12-27(29)30)21-25-16-14-23(2)15-17-25/h6-7,9-17,19,22,28H,4-5,8,18,20-21H2,1-3H3,(H,32,34)/t28-/m0/s1. The number of para-hydroxylation sites is 1. The van der Waals surface area contributed by atoms with E-state index in [0.717, 1.165) is 32.4 Å². The molecule has 176 valence electrons. The minimum absolute atomic E-state index is 0.00948. The smallest absolute Gasteiger partial charge is 0.220 e. The SMILES string of the molecule is CCCCCNC(=O)C[C@@H](c1cccc(C)c1)c1cn(Cc2ccc(C)cc2)c2ccccc12. The molecule has 3 heteroatoms. The first kappa shape index (κ1) is 23.8. The maximum Gasteiger partial charge on any atom is 0.220 e. The zero-order valence-corrected chi connectivity index (χ0v) is 20.7. The van der Waals surface area contributed by atoms with Gasteiger partial charge in [0.15, 0.2) is 0 Å². The minimum Gasteiger partial charge on any atom is -0.356 e. The first-order chi connectivity index (χ1) is 16.5. The molecule has 34 heavy (non-hydrogen) atoms. The van der Waals surface area contributed by atoms with Crippen LogP contribution in [0.15, 0.2) is 79.0 Å². The van der Waals surface area contributed by atoms with Crippen LogP contribution in [0.1, 0.15) is 66.3 Å². The second kappa shape index (κ2) is 11.2. The molecule has 0 aliphatic carbocycles. The van der Waals surface area contributed by atoms with E-state index >= 15 is 0 Å². The van der Waals surface area contributed by atoms with Crippen LogP contribution in [0.2, 0.25) is 0 Å². The maximum atomic E-state index is 13.0. The summed E-state index contributed by atoms with van der Waals surface area (Å²) in [6.07, 6.45) is 6.06. The zero-order chi connectivity index (χ0) is 23.9. The molecule has 0 radical (unpaired) electrons. The first-order valence-electron chi connectivity index (χ1n) is 12.5. The number of hydrogen-bond donors (Lipinski definition) is 1. The molecule has 1 atom stereocenters. The van der Waals surface area contributed by atoms with Crippen molar-refractivity contribution in [1.82, 2.24) is 9.88 Å². The maximum absolute atomic E-state index is 13.0. The number of amides is 1. The molecular weight excluding hydrogens is 416 g/mol. The van der Waals surface area contributed by atoms with Crippen molar-refractivity contribution in [3.63, 3.8) is 0 Å². The Labute approximate surface area is 203 Å². The third kappa shape index (κ3) is 5.77. The molecule has 0 saturated heterocycles. The lowest BCUT2D eigenvalue weighted by Gasteiger charge is -2.18. The van der Waals surface area contributed by atoms with Crippen LogP contribution in [-0.2, 0) is 11.3 Å². The number of fused-ring (bicyclic) bond motifs is 1. The summed E-state index contributed by atoms with van der Waals surface area (Å²) in [7, 11) is 0. The Hall–Kier alpha value is -3.33. The van der Waals surface area contributed by atoms with Gasteiger partial charge in [-0.1, -0.05) is 97.6 Å². The highest BCUT2D eigenvalue weighted by Crippen LogP contribution is 2.35. The Bertz CT molecular complexity index is 1240. The molecule has 3 nitrogen and oxygen atoms in total. The summed E-state index contributed by atoms with van der Waals surface area (Å²) in [6.45, 7) is 7.98. The van der Waals surface area contributed by atoms with Crippen LogP contribution in [0.25, 0.3) is 10.9 Å². The molecule has 1 N–H and O–H groups in total. The summed E-state index contributed by atoms with van der Waals surface area (Å²) in [5.41, 5.74) is 7.39. The molecule has 0 aliphatic heterocycles. The predicted molar refractivity (Wildman–Crippen MR) is 142 cm³/mol. The largest absolute Gasteiger partial charge is 0.356 e. The Morgan fingerprint density at radius 2 is 1.71 bits per heavy atom. The molecule has 1 aromatic heterocycles. The van der Waals surface area contributed by atoms with Gasteiger partial charge in [0, 0.05) is 42.5 Å². The van der Waals surface area contributed by atoms with E-state index in [2.05, 4.69) is 110 Å². The summed E-state index contributed by atoms with van der Waals surface area (Å²) in [5.74, 6) is 0.133. The van der Waals surface area contributed by atoms with Crippen LogP contribution in [-0.4, -0.2) is 17.0 Å². The molecule has 1 heterocycles. The van der Waals surface area contributed by atoms with Crippen LogP contribution in [0.3, 0.4) is 0 Å². The fraction of sp³-hybridized carbons (Fsp3) is 0.323. The van der Waals surface area contributed by atoms with E-state index in [1.54, 1.807) is 0 Å². The van der Waals surface area contributed by atoms with E-state index in [1.807, 2.05) is 0 Å². The highest BCUT2D eigenvalue weighted by Gasteiger charge is 2.23. The van der Waals surface area contributed by atoms with E-state index in [1.165, 1.54) is 38.7 Å². The Kier molecular flexibility index (Phi) is 7.84. The van der Waals surface area contributed by atoms with Crippen LogP contribution < -0.4 is 5.32 Å². The van der Waals surface area contributed by atoms with Gasteiger partial charge in [-0.25, -0.2) is 0 Å². The van der Waals surface area contributed by atoms with Gasteiger partial charge in [0.25, 0.3) is 0 Å². The molecule has 0 bridgehead atoms. The molecule has 0 saturated carbocycles.